The molecule has 2 heterocycles. The van der Waals surface area contributed by atoms with E-state index in [4.69, 9.17) is 15.0 Å². The molecule has 1 saturated carbocycles. The summed E-state index contributed by atoms with van der Waals surface area (Å²) in [7, 11) is 2.08. The van der Waals surface area contributed by atoms with Crippen molar-refractivity contribution in [1.29, 1.82) is 0 Å². The lowest BCUT2D eigenvalue weighted by Crippen LogP contribution is -2.41. The number of ether oxygens (including phenoxy) is 1. The fraction of sp³-hybridized carbons (Fsp3) is 0.867. The monoisotopic (exact) mass is 294 g/mol. The molecule has 2 N–H and O–H groups in total. The molecule has 0 spiro atoms. The van der Waals surface area contributed by atoms with Gasteiger partial charge < -0.3 is 19.9 Å². The van der Waals surface area contributed by atoms with Crippen LogP contribution in [-0.2, 0) is 10.3 Å². The van der Waals surface area contributed by atoms with Crippen molar-refractivity contribution in [2.24, 2.45) is 11.7 Å². The maximum atomic E-state index is 6.52. The van der Waals surface area contributed by atoms with Crippen molar-refractivity contribution in [3.8, 4) is 0 Å². The molecule has 2 aliphatic rings. The smallest absolute Gasteiger partial charge is 0.246 e. The maximum absolute atomic E-state index is 6.52. The molecule has 1 aromatic rings. The average Bonchev–Trinajstić information content (AvgIpc) is 2.99. The molecule has 21 heavy (non-hydrogen) atoms. The van der Waals surface area contributed by atoms with Gasteiger partial charge in [-0.3, -0.25) is 0 Å². The summed E-state index contributed by atoms with van der Waals surface area (Å²) in [6.07, 6.45) is 5.28. The molecule has 1 atom stereocenters. The molecular formula is C15H26N4O2. The zero-order chi connectivity index (χ0) is 14.9. The summed E-state index contributed by atoms with van der Waals surface area (Å²) in [5.41, 5.74) is 6.07. The van der Waals surface area contributed by atoms with Crippen molar-refractivity contribution in [2.75, 3.05) is 26.7 Å². The number of aromatic nitrogens is 2. The first-order valence-electron chi connectivity index (χ1n) is 8.04. The van der Waals surface area contributed by atoms with E-state index in [0.717, 1.165) is 44.7 Å². The number of hydrogen-bond acceptors (Lipinski definition) is 6. The molecule has 3 rings (SSSR count). The second-order valence-electron chi connectivity index (χ2n) is 6.59. The fourth-order valence-electron chi connectivity index (χ4n) is 3.32. The van der Waals surface area contributed by atoms with Crippen LogP contribution in [0.4, 0.5) is 0 Å². The third-order valence-electron chi connectivity index (χ3n) is 5.00. The molecule has 1 saturated heterocycles. The Morgan fingerprint density at radius 1 is 1.38 bits per heavy atom. The van der Waals surface area contributed by atoms with E-state index in [9.17, 15) is 0 Å². The van der Waals surface area contributed by atoms with E-state index < -0.39 is 5.54 Å². The summed E-state index contributed by atoms with van der Waals surface area (Å²) < 4.78 is 11.2. The van der Waals surface area contributed by atoms with Gasteiger partial charge in [0.2, 0.25) is 11.7 Å². The van der Waals surface area contributed by atoms with Gasteiger partial charge in [0.1, 0.15) is 6.10 Å². The van der Waals surface area contributed by atoms with Crippen LogP contribution in [-0.4, -0.2) is 41.8 Å². The molecule has 1 unspecified atom stereocenters. The third-order valence-corrected chi connectivity index (χ3v) is 5.00. The second kappa shape index (κ2) is 6.02. The predicted octanol–water partition coefficient (Wildman–Crippen LogP) is 1.83. The zero-order valence-corrected chi connectivity index (χ0v) is 13.0. The highest BCUT2D eigenvalue weighted by Gasteiger charge is 2.38. The first-order chi connectivity index (χ1) is 10.1. The summed E-state index contributed by atoms with van der Waals surface area (Å²) in [6, 6.07) is 0. The van der Waals surface area contributed by atoms with Gasteiger partial charge in [0.25, 0.3) is 0 Å². The van der Waals surface area contributed by atoms with E-state index in [1.165, 1.54) is 6.42 Å². The quantitative estimate of drug-likeness (QED) is 0.916. The minimum absolute atomic E-state index is 0.100. The second-order valence-corrected chi connectivity index (χ2v) is 6.59. The Morgan fingerprint density at radius 3 is 2.81 bits per heavy atom. The summed E-state index contributed by atoms with van der Waals surface area (Å²) in [5.74, 6) is 2.02. The van der Waals surface area contributed by atoms with Gasteiger partial charge in [0, 0.05) is 13.1 Å². The number of likely N-dealkylation sites (N-methyl/N-ethyl adjacent to an activating group) is 1. The van der Waals surface area contributed by atoms with Gasteiger partial charge in [-0.05, 0) is 38.6 Å². The SMILES string of the molecule is CCC1CCC(N)(c2nc(C3CN(C)CCO3)no2)CC1. The Morgan fingerprint density at radius 2 is 2.14 bits per heavy atom. The lowest BCUT2D eigenvalue weighted by atomic mass is 9.76. The molecule has 2 fully saturated rings. The van der Waals surface area contributed by atoms with Crippen molar-refractivity contribution in [3.63, 3.8) is 0 Å². The molecule has 0 bridgehead atoms. The Hall–Kier alpha value is -0.980. The van der Waals surface area contributed by atoms with Crippen LogP contribution in [0, 0.1) is 5.92 Å². The minimum atomic E-state index is -0.447. The number of hydrogen-bond donors (Lipinski definition) is 1. The van der Waals surface area contributed by atoms with Gasteiger partial charge in [-0.1, -0.05) is 18.5 Å². The number of nitrogens with two attached hydrogens (primary N) is 1. The first kappa shape index (κ1) is 14.9. The van der Waals surface area contributed by atoms with Gasteiger partial charge in [-0.2, -0.15) is 4.98 Å². The normalized spacial score (nSPS) is 35.0. The van der Waals surface area contributed by atoms with Crippen molar-refractivity contribution >= 4 is 0 Å². The van der Waals surface area contributed by atoms with E-state index >= 15 is 0 Å². The van der Waals surface area contributed by atoms with Crippen LogP contribution in [0.15, 0.2) is 4.52 Å². The van der Waals surface area contributed by atoms with Gasteiger partial charge >= 0.3 is 0 Å². The minimum Gasteiger partial charge on any atom is -0.367 e. The number of morpholine rings is 1. The van der Waals surface area contributed by atoms with Crippen LogP contribution in [0.2, 0.25) is 0 Å². The van der Waals surface area contributed by atoms with Crippen LogP contribution in [0.25, 0.3) is 0 Å². The predicted molar refractivity (Wildman–Crippen MR) is 78.6 cm³/mol. The first-order valence-corrected chi connectivity index (χ1v) is 8.04. The Kier molecular flexibility index (Phi) is 4.28. The van der Waals surface area contributed by atoms with E-state index in [0.29, 0.717) is 18.3 Å². The Balaban J connectivity index is 1.69. The Bertz CT molecular complexity index is 468. The number of rotatable bonds is 3. The van der Waals surface area contributed by atoms with Crippen LogP contribution < -0.4 is 5.73 Å². The molecule has 6 heteroatoms. The largest absolute Gasteiger partial charge is 0.367 e. The molecule has 6 nitrogen and oxygen atoms in total. The molecule has 0 amide bonds. The van der Waals surface area contributed by atoms with Crippen molar-refractivity contribution in [1.82, 2.24) is 15.0 Å². The molecule has 0 aromatic carbocycles. The Labute approximate surface area is 126 Å². The van der Waals surface area contributed by atoms with Crippen molar-refractivity contribution in [3.05, 3.63) is 11.7 Å². The van der Waals surface area contributed by atoms with E-state index in [-0.39, 0.29) is 6.10 Å². The molecule has 118 valence electrons. The van der Waals surface area contributed by atoms with Crippen LogP contribution >= 0.6 is 0 Å². The molecule has 1 aromatic heterocycles. The van der Waals surface area contributed by atoms with Gasteiger partial charge in [-0.15, -0.1) is 0 Å². The van der Waals surface area contributed by atoms with Gasteiger partial charge in [0.05, 0.1) is 12.1 Å². The summed E-state index contributed by atoms with van der Waals surface area (Å²) >= 11 is 0. The topological polar surface area (TPSA) is 77.4 Å². The van der Waals surface area contributed by atoms with E-state index in [1.807, 2.05) is 0 Å². The molecule has 0 radical (unpaired) electrons. The van der Waals surface area contributed by atoms with E-state index in [2.05, 4.69) is 29.0 Å². The molecule has 1 aliphatic carbocycles. The highest BCUT2D eigenvalue weighted by molar-refractivity contribution is 5.06. The maximum Gasteiger partial charge on any atom is 0.246 e. The van der Waals surface area contributed by atoms with Crippen molar-refractivity contribution < 1.29 is 9.26 Å². The third kappa shape index (κ3) is 3.12. The van der Waals surface area contributed by atoms with Crippen LogP contribution in [0.1, 0.15) is 56.8 Å². The highest BCUT2D eigenvalue weighted by Crippen LogP contribution is 2.38. The van der Waals surface area contributed by atoms with Gasteiger partial charge in [-0.25, -0.2) is 0 Å². The lowest BCUT2D eigenvalue weighted by molar-refractivity contribution is -0.0264. The van der Waals surface area contributed by atoms with Crippen LogP contribution in [0.3, 0.4) is 0 Å². The van der Waals surface area contributed by atoms with Gasteiger partial charge in [0.15, 0.2) is 0 Å². The summed E-state index contributed by atoms with van der Waals surface area (Å²) in [4.78, 5) is 6.78. The number of nitrogens with zero attached hydrogens (tertiary/aromatic N) is 3. The average molecular weight is 294 g/mol. The lowest BCUT2D eigenvalue weighted by Gasteiger charge is -2.33. The molecule has 1 aliphatic heterocycles. The van der Waals surface area contributed by atoms with Crippen LogP contribution in [0.5, 0.6) is 0 Å². The molecular weight excluding hydrogens is 268 g/mol. The fourth-order valence-corrected chi connectivity index (χ4v) is 3.32. The standard InChI is InChI=1S/C15H26N4O2/c1-3-11-4-6-15(16,7-5-11)14-17-13(18-21-14)12-10-19(2)8-9-20-12/h11-12H,3-10,16H2,1-2H3. The van der Waals surface area contributed by atoms with E-state index in [1.54, 1.807) is 0 Å². The summed E-state index contributed by atoms with van der Waals surface area (Å²) in [5, 5.41) is 4.12. The van der Waals surface area contributed by atoms with Crippen molar-refractivity contribution in [2.45, 2.75) is 50.7 Å². The highest BCUT2D eigenvalue weighted by atomic mass is 16.5. The summed E-state index contributed by atoms with van der Waals surface area (Å²) in [6.45, 7) is 4.70. The zero-order valence-electron chi connectivity index (χ0n) is 13.0.